The maximum Gasteiger partial charge on any atom is 0.408 e. The van der Waals surface area contributed by atoms with Crippen molar-refractivity contribution in [3.63, 3.8) is 0 Å². The molecule has 5 atom stereocenters. The molecule has 0 radical (unpaired) electrons. The van der Waals surface area contributed by atoms with Crippen LogP contribution in [0.3, 0.4) is 0 Å². The Morgan fingerprint density at radius 2 is 1.02 bits per heavy atom. The summed E-state index contributed by atoms with van der Waals surface area (Å²) in [5.41, 5.74) is 3.36. The van der Waals surface area contributed by atoms with E-state index in [1.54, 1.807) is 121 Å². The molecule has 0 spiro atoms. The van der Waals surface area contributed by atoms with E-state index in [1.165, 1.54) is 17.0 Å². The summed E-state index contributed by atoms with van der Waals surface area (Å²) < 4.78 is 10.9. The summed E-state index contributed by atoms with van der Waals surface area (Å²) in [6, 6.07) is 35.6. The summed E-state index contributed by atoms with van der Waals surface area (Å²) in [7, 11) is 0. The fraction of sp³-hybridized carbons (Fsp3) is 0.250. The van der Waals surface area contributed by atoms with E-state index in [2.05, 4.69) is 21.3 Å². The van der Waals surface area contributed by atoms with Crippen LogP contribution in [0.5, 0.6) is 5.75 Å². The quantitative estimate of drug-likeness (QED) is 0.0717. The maximum atomic E-state index is 14.7. The average Bonchev–Trinajstić information content (AvgIpc) is 3.72. The lowest BCUT2D eigenvalue weighted by atomic mass is 10.0. The molecule has 1 aliphatic heterocycles. The van der Waals surface area contributed by atoms with Gasteiger partial charge in [-0.25, -0.2) is 14.4 Å². The summed E-state index contributed by atoms with van der Waals surface area (Å²) in [6.45, 7) is -0.303. The zero-order valence-corrected chi connectivity index (χ0v) is 34.3. The molecule has 1 aliphatic rings. The standard InChI is InChI=1S/C48H49N5O10/c54-38-23-21-34(22-24-38)26-40(52-48(61)63-31-36-19-11-4-12-20-36)45(57)53-29-37(49-47(60)62-30-35-17-9-3-10-18-35)28-42(53)44(56)50-39(25-32-13-5-1-6-14-32)43(55)51-41(46(58)59)27-33-15-7-2-8-16-33/h1-24,37,39-42,54H,25-31H2,(H,49,60)(H,50,56)(H,51,55)(H,52,61)(H,58,59)/t37-,39-,40-,41+,42-/m0/s1. The number of carboxylic acid groups (broad SMARTS) is 1. The number of carbonyl (C=O) groups is 6. The van der Waals surface area contributed by atoms with Gasteiger partial charge in [0, 0.05) is 25.8 Å². The number of carbonyl (C=O) groups excluding carboxylic acids is 5. The van der Waals surface area contributed by atoms with Crippen molar-refractivity contribution >= 4 is 35.9 Å². The van der Waals surface area contributed by atoms with Gasteiger partial charge in [0.1, 0.15) is 43.1 Å². The topological polar surface area (TPSA) is 213 Å². The van der Waals surface area contributed by atoms with Crippen LogP contribution in [0.2, 0.25) is 0 Å². The van der Waals surface area contributed by atoms with Gasteiger partial charge in [0.2, 0.25) is 17.7 Å². The van der Waals surface area contributed by atoms with E-state index >= 15 is 0 Å². The second-order valence-electron chi connectivity index (χ2n) is 15.1. The van der Waals surface area contributed by atoms with E-state index in [-0.39, 0.29) is 51.2 Å². The molecule has 5 amide bonds. The van der Waals surface area contributed by atoms with Gasteiger partial charge in [0.25, 0.3) is 0 Å². The molecular formula is C48H49N5O10. The highest BCUT2D eigenvalue weighted by atomic mass is 16.6. The Labute approximate surface area is 364 Å². The number of benzene rings is 5. The summed E-state index contributed by atoms with van der Waals surface area (Å²) in [5.74, 6) is -3.50. The van der Waals surface area contributed by atoms with E-state index in [0.29, 0.717) is 22.3 Å². The number of hydrogen-bond acceptors (Lipinski definition) is 9. The minimum Gasteiger partial charge on any atom is -0.508 e. The molecule has 15 nitrogen and oxygen atoms in total. The van der Waals surface area contributed by atoms with Crippen molar-refractivity contribution in [1.29, 1.82) is 0 Å². The molecule has 15 heteroatoms. The molecule has 63 heavy (non-hydrogen) atoms. The number of nitrogens with one attached hydrogen (secondary N) is 4. The lowest BCUT2D eigenvalue weighted by molar-refractivity contribution is -0.143. The van der Waals surface area contributed by atoms with Crippen LogP contribution in [-0.2, 0) is 61.1 Å². The van der Waals surface area contributed by atoms with Gasteiger partial charge in [-0.3, -0.25) is 14.4 Å². The number of aromatic hydroxyl groups is 1. The van der Waals surface area contributed by atoms with Gasteiger partial charge in [0.15, 0.2) is 0 Å². The summed E-state index contributed by atoms with van der Waals surface area (Å²) >= 11 is 0. The second kappa shape index (κ2) is 22.2. The number of hydrogen-bond donors (Lipinski definition) is 6. The van der Waals surface area contributed by atoms with Crippen LogP contribution >= 0.6 is 0 Å². The predicted molar refractivity (Wildman–Crippen MR) is 231 cm³/mol. The van der Waals surface area contributed by atoms with Crippen molar-refractivity contribution in [2.24, 2.45) is 0 Å². The average molecular weight is 856 g/mol. The molecule has 0 aliphatic carbocycles. The number of ether oxygens (including phenoxy) is 2. The molecule has 0 aromatic heterocycles. The number of alkyl carbamates (subject to hydrolysis) is 2. The normalized spacial score (nSPS) is 15.8. The SMILES string of the molecule is O=C(N[C@H]1C[C@@H](C(=O)N[C@@H](Cc2ccccc2)C(=O)N[C@H](Cc2ccccc2)C(=O)O)N(C(=O)[C@H](Cc2ccc(O)cc2)NC(=O)OCc2ccccc2)C1)OCc1ccccc1. The second-order valence-corrected chi connectivity index (χ2v) is 15.1. The van der Waals surface area contributed by atoms with E-state index < -0.39 is 66.1 Å². The van der Waals surface area contributed by atoms with Gasteiger partial charge in [-0.2, -0.15) is 0 Å². The van der Waals surface area contributed by atoms with Crippen LogP contribution < -0.4 is 21.3 Å². The molecule has 5 aromatic rings. The molecule has 5 aromatic carbocycles. The third kappa shape index (κ3) is 13.7. The molecule has 326 valence electrons. The van der Waals surface area contributed by atoms with Gasteiger partial charge in [-0.1, -0.05) is 133 Å². The Morgan fingerprint density at radius 3 is 1.54 bits per heavy atom. The van der Waals surface area contributed by atoms with Gasteiger partial charge < -0.3 is 45.9 Å². The van der Waals surface area contributed by atoms with Crippen molar-refractivity contribution in [3.05, 3.63) is 173 Å². The summed E-state index contributed by atoms with van der Waals surface area (Å²) in [4.78, 5) is 83.2. The van der Waals surface area contributed by atoms with Crippen LogP contribution in [-0.4, -0.2) is 87.7 Å². The highest BCUT2D eigenvalue weighted by molar-refractivity contribution is 5.95. The lowest BCUT2D eigenvalue weighted by Crippen LogP contribution is -2.58. The first-order valence-electron chi connectivity index (χ1n) is 20.4. The highest BCUT2D eigenvalue weighted by Crippen LogP contribution is 2.23. The molecule has 0 unspecified atom stereocenters. The number of nitrogens with zero attached hydrogens (tertiary/aromatic N) is 1. The van der Waals surface area contributed by atoms with Crippen molar-refractivity contribution < 1.29 is 48.5 Å². The van der Waals surface area contributed by atoms with E-state index in [4.69, 9.17) is 9.47 Å². The molecule has 1 saturated heterocycles. The van der Waals surface area contributed by atoms with Crippen molar-refractivity contribution in [2.75, 3.05) is 6.54 Å². The van der Waals surface area contributed by atoms with E-state index in [0.717, 1.165) is 5.56 Å². The molecule has 1 heterocycles. The first-order chi connectivity index (χ1) is 30.5. The maximum absolute atomic E-state index is 14.7. The van der Waals surface area contributed by atoms with Crippen LogP contribution in [0, 0.1) is 0 Å². The number of phenolic OH excluding ortho intramolecular Hbond substituents is 1. The zero-order valence-electron chi connectivity index (χ0n) is 34.3. The number of phenols is 1. The molecule has 6 N–H and O–H groups in total. The van der Waals surface area contributed by atoms with Gasteiger partial charge >= 0.3 is 18.2 Å². The summed E-state index contributed by atoms with van der Waals surface area (Å²) in [5, 5.41) is 30.8. The van der Waals surface area contributed by atoms with Crippen LogP contribution in [0.4, 0.5) is 9.59 Å². The Balaban J connectivity index is 1.25. The fourth-order valence-electron chi connectivity index (χ4n) is 7.19. The number of amides is 5. The summed E-state index contributed by atoms with van der Waals surface area (Å²) in [6.07, 6.45) is -1.91. The monoisotopic (exact) mass is 855 g/mol. The predicted octanol–water partition coefficient (Wildman–Crippen LogP) is 4.67. The third-order valence-electron chi connectivity index (χ3n) is 10.4. The Bertz CT molecular complexity index is 2300. The van der Waals surface area contributed by atoms with Crippen LogP contribution in [0.1, 0.15) is 34.2 Å². The smallest absolute Gasteiger partial charge is 0.408 e. The van der Waals surface area contributed by atoms with Crippen LogP contribution in [0.15, 0.2) is 146 Å². The molecule has 0 saturated carbocycles. The van der Waals surface area contributed by atoms with Crippen molar-refractivity contribution in [2.45, 2.75) is 69.1 Å². The molecular weight excluding hydrogens is 807 g/mol. The van der Waals surface area contributed by atoms with Gasteiger partial charge in [-0.15, -0.1) is 0 Å². The number of aliphatic carboxylic acids is 1. The van der Waals surface area contributed by atoms with Gasteiger partial charge in [-0.05, 0) is 46.4 Å². The van der Waals surface area contributed by atoms with Crippen LogP contribution in [0.25, 0.3) is 0 Å². The minimum atomic E-state index is -1.33. The Morgan fingerprint density at radius 1 is 0.556 bits per heavy atom. The molecule has 1 fully saturated rings. The molecule has 6 rings (SSSR count). The Kier molecular flexibility index (Phi) is 15.8. The largest absolute Gasteiger partial charge is 0.508 e. The number of rotatable bonds is 18. The van der Waals surface area contributed by atoms with Crippen molar-refractivity contribution in [1.82, 2.24) is 26.2 Å². The van der Waals surface area contributed by atoms with Gasteiger partial charge in [0.05, 0.1) is 6.04 Å². The number of likely N-dealkylation sites (tertiary alicyclic amines) is 1. The minimum absolute atomic E-state index is 0.00923. The first-order valence-corrected chi connectivity index (χ1v) is 20.4. The lowest BCUT2D eigenvalue weighted by Gasteiger charge is -2.30. The Hall–Kier alpha value is -7.68. The third-order valence-corrected chi connectivity index (χ3v) is 10.4. The van der Waals surface area contributed by atoms with E-state index in [1.807, 2.05) is 12.1 Å². The fourth-order valence-corrected chi connectivity index (χ4v) is 7.19. The van der Waals surface area contributed by atoms with E-state index in [9.17, 15) is 39.0 Å². The zero-order chi connectivity index (χ0) is 44.6. The molecule has 0 bridgehead atoms. The van der Waals surface area contributed by atoms with Crippen molar-refractivity contribution in [3.8, 4) is 5.75 Å². The number of carboxylic acids is 1. The first kappa shape index (κ1) is 44.9. The highest BCUT2D eigenvalue weighted by Gasteiger charge is 2.44.